The van der Waals surface area contributed by atoms with Crippen LogP contribution in [-0.4, -0.2) is 12.5 Å². The van der Waals surface area contributed by atoms with Crippen molar-refractivity contribution in [2.45, 2.75) is 33.6 Å². The summed E-state index contributed by atoms with van der Waals surface area (Å²) in [5.41, 5.74) is 7.10. The number of nitrogens with one attached hydrogen (secondary N) is 2. The lowest BCUT2D eigenvalue weighted by molar-refractivity contribution is 0.478. The minimum absolute atomic E-state index is 0.205. The largest absolute Gasteiger partial charge is 0.439 e. The Morgan fingerprint density at radius 3 is 2.16 bits per heavy atom. The van der Waals surface area contributed by atoms with E-state index < -0.39 is 0 Å². The van der Waals surface area contributed by atoms with Crippen molar-refractivity contribution < 1.29 is 4.42 Å². The van der Waals surface area contributed by atoms with E-state index in [1.165, 1.54) is 11.3 Å². The Bertz CT molecular complexity index is 1210. The SMILES string of the molecule is CC(C)(C)C1=CC=C(NC2=NCNc3oc(-c4ccccc4)c(-c4ccccc4)c32)CC1. The molecule has 0 saturated carbocycles. The summed E-state index contributed by atoms with van der Waals surface area (Å²) in [6.07, 6.45) is 6.51. The zero-order chi connectivity index (χ0) is 22.1. The number of hydrogen-bond donors (Lipinski definition) is 2. The number of allylic oxidation sites excluding steroid dienone is 4. The van der Waals surface area contributed by atoms with Crippen molar-refractivity contribution in [2.24, 2.45) is 10.4 Å². The summed E-state index contributed by atoms with van der Waals surface area (Å²) in [6, 6.07) is 20.7. The highest BCUT2D eigenvalue weighted by Gasteiger charge is 2.29. The second-order valence-electron chi connectivity index (χ2n) is 9.34. The van der Waals surface area contributed by atoms with Crippen molar-refractivity contribution in [3.8, 4) is 22.5 Å². The van der Waals surface area contributed by atoms with E-state index >= 15 is 0 Å². The fourth-order valence-corrected chi connectivity index (χ4v) is 4.34. The fourth-order valence-electron chi connectivity index (χ4n) is 4.34. The van der Waals surface area contributed by atoms with Crippen molar-refractivity contribution in [1.29, 1.82) is 0 Å². The molecule has 0 fully saturated rings. The number of benzene rings is 2. The number of rotatable bonds is 3. The normalized spacial score (nSPS) is 15.8. The van der Waals surface area contributed by atoms with Gasteiger partial charge in [0.05, 0.1) is 5.56 Å². The molecule has 4 nitrogen and oxygen atoms in total. The maximum Gasteiger partial charge on any atom is 0.206 e. The number of hydrogen-bond acceptors (Lipinski definition) is 4. The molecule has 0 unspecified atom stereocenters. The van der Waals surface area contributed by atoms with Crippen molar-refractivity contribution in [1.82, 2.24) is 5.32 Å². The second kappa shape index (κ2) is 8.19. The lowest BCUT2D eigenvalue weighted by Crippen LogP contribution is -2.29. The van der Waals surface area contributed by atoms with E-state index in [0.29, 0.717) is 6.67 Å². The van der Waals surface area contributed by atoms with E-state index in [4.69, 9.17) is 9.41 Å². The van der Waals surface area contributed by atoms with Crippen LogP contribution in [0, 0.1) is 5.41 Å². The van der Waals surface area contributed by atoms with Gasteiger partial charge >= 0.3 is 0 Å². The molecule has 0 spiro atoms. The molecular weight excluding hydrogens is 394 g/mol. The molecule has 3 aromatic rings. The summed E-state index contributed by atoms with van der Waals surface area (Å²) in [6.45, 7) is 7.31. The van der Waals surface area contributed by atoms with Gasteiger partial charge in [-0.2, -0.15) is 0 Å². The van der Waals surface area contributed by atoms with Crippen LogP contribution < -0.4 is 10.6 Å². The molecule has 0 amide bonds. The first kappa shape index (κ1) is 20.4. The number of aliphatic imine (C=N–C) groups is 1. The molecular formula is C28H29N3O. The van der Waals surface area contributed by atoms with Crippen molar-refractivity contribution in [3.05, 3.63) is 89.6 Å². The van der Waals surface area contributed by atoms with E-state index in [0.717, 1.165) is 52.6 Å². The average molecular weight is 424 g/mol. The zero-order valence-electron chi connectivity index (χ0n) is 18.9. The number of amidine groups is 1. The van der Waals surface area contributed by atoms with Gasteiger partial charge < -0.3 is 15.1 Å². The Balaban J connectivity index is 1.58. The predicted octanol–water partition coefficient (Wildman–Crippen LogP) is 6.98. The van der Waals surface area contributed by atoms with Gasteiger partial charge in [-0.25, -0.2) is 4.99 Å². The first-order chi connectivity index (χ1) is 15.5. The van der Waals surface area contributed by atoms with Crippen LogP contribution in [0.15, 0.2) is 93.5 Å². The molecule has 2 aromatic carbocycles. The smallest absolute Gasteiger partial charge is 0.206 e. The molecule has 0 radical (unpaired) electrons. The zero-order valence-corrected chi connectivity index (χ0v) is 18.9. The molecule has 1 aliphatic heterocycles. The molecule has 1 aromatic heterocycles. The third kappa shape index (κ3) is 3.89. The van der Waals surface area contributed by atoms with Crippen LogP contribution in [0.2, 0.25) is 0 Å². The number of nitrogens with zero attached hydrogens (tertiary/aromatic N) is 1. The number of anilines is 1. The van der Waals surface area contributed by atoms with Gasteiger partial charge in [0.2, 0.25) is 5.88 Å². The summed E-state index contributed by atoms with van der Waals surface area (Å²) >= 11 is 0. The highest BCUT2D eigenvalue weighted by atomic mass is 16.4. The molecule has 2 aliphatic rings. The Morgan fingerprint density at radius 2 is 1.53 bits per heavy atom. The average Bonchev–Trinajstić information content (AvgIpc) is 3.21. The second-order valence-corrected chi connectivity index (χ2v) is 9.34. The van der Waals surface area contributed by atoms with Crippen LogP contribution in [0.3, 0.4) is 0 Å². The summed E-state index contributed by atoms with van der Waals surface area (Å²) in [5, 5.41) is 6.96. The molecule has 0 bridgehead atoms. The van der Waals surface area contributed by atoms with Gasteiger partial charge in [0, 0.05) is 16.8 Å². The Morgan fingerprint density at radius 1 is 0.844 bits per heavy atom. The van der Waals surface area contributed by atoms with Crippen LogP contribution in [0.5, 0.6) is 0 Å². The number of furan rings is 1. The van der Waals surface area contributed by atoms with E-state index in [1.54, 1.807) is 0 Å². The minimum Gasteiger partial charge on any atom is -0.439 e. The van der Waals surface area contributed by atoms with Gasteiger partial charge in [-0.05, 0) is 29.9 Å². The van der Waals surface area contributed by atoms with Crippen LogP contribution in [0.25, 0.3) is 22.5 Å². The van der Waals surface area contributed by atoms with E-state index in [1.807, 2.05) is 24.3 Å². The molecule has 0 atom stereocenters. The van der Waals surface area contributed by atoms with Crippen LogP contribution in [-0.2, 0) is 0 Å². The fraction of sp³-hybridized carbons (Fsp3) is 0.250. The summed E-state index contributed by atoms with van der Waals surface area (Å²) in [7, 11) is 0. The molecule has 2 heterocycles. The van der Waals surface area contributed by atoms with Gasteiger partial charge in [-0.3, -0.25) is 0 Å². The summed E-state index contributed by atoms with van der Waals surface area (Å²) in [5.74, 6) is 2.49. The highest BCUT2D eigenvalue weighted by Crippen LogP contribution is 2.43. The Hall–Kier alpha value is -3.53. The first-order valence-corrected chi connectivity index (χ1v) is 11.2. The molecule has 4 heteroatoms. The Kier molecular flexibility index (Phi) is 5.22. The highest BCUT2D eigenvalue weighted by molar-refractivity contribution is 6.12. The molecule has 1 aliphatic carbocycles. The molecule has 5 rings (SSSR count). The summed E-state index contributed by atoms with van der Waals surface area (Å²) in [4.78, 5) is 4.80. The van der Waals surface area contributed by atoms with Gasteiger partial charge in [-0.1, -0.05) is 93.1 Å². The van der Waals surface area contributed by atoms with Gasteiger partial charge in [0.1, 0.15) is 18.3 Å². The van der Waals surface area contributed by atoms with Gasteiger partial charge in [-0.15, -0.1) is 0 Å². The van der Waals surface area contributed by atoms with E-state index in [-0.39, 0.29) is 5.41 Å². The lowest BCUT2D eigenvalue weighted by atomic mass is 9.81. The van der Waals surface area contributed by atoms with E-state index in [9.17, 15) is 0 Å². The third-order valence-corrected chi connectivity index (χ3v) is 6.11. The molecule has 32 heavy (non-hydrogen) atoms. The van der Waals surface area contributed by atoms with Crippen LogP contribution >= 0.6 is 0 Å². The predicted molar refractivity (Wildman–Crippen MR) is 133 cm³/mol. The Labute approximate surface area is 189 Å². The van der Waals surface area contributed by atoms with Crippen molar-refractivity contribution >= 4 is 11.7 Å². The summed E-state index contributed by atoms with van der Waals surface area (Å²) < 4.78 is 6.40. The maximum absolute atomic E-state index is 6.40. The first-order valence-electron chi connectivity index (χ1n) is 11.2. The monoisotopic (exact) mass is 423 g/mol. The standard InChI is InChI=1S/C28H29N3O/c1-28(2,3)21-14-16-22(17-15-21)31-26-24-23(19-10-6-4-7-11-19)25(20-12-8-5-9-13-20)32-27(24)30-18-29-26/h4-14,16,30H,15,17-18H2,1-3H3,(H,29,31). The molecule has 0 saturated heterocycles. The molecule has 162 valence electrons. The quantitative estimate of drug-likeness (QED) is 0.478. The van der Waals surface area contributed by atoms with Crippen LogP contribution in [0.1, 0.15) is 39.2 Å². The van der Waals surface area contributed by atoms with Gasteiger partial charge in [0.15, 0.2) is 0 Å². The van der Waals surface area contributed by atoms with E-state index in [2.05, 4.69) is 80.0 Å². The lowest BCUT2D eigenvalue weighted by Gasteiger charge is -2.27. The van der Waals surface area contributed by atoms with Crippen LogP contribution in [0.4, 0.5) is 5.88 Å². The maximum atomic E-state index is 6.40. The van der Waals surface area contributed by atoms with Crippen molar-refractivity contribution in [3.63, 3.8) is 0 Å². The topological polar surface area (TPSA) is 49.6 Å². The molecule has 2 N–H and O–H groups in total. The third-order valence-electron chi connectivity index (χ3n) is 6.11. The number of fused-ring (bicyclic) bond motifs is 1. The van der Waals surface area contributed by atoms with Gasteiger partial charge in [0.25, 0.3) is 0 Å². The minimum atomic E-state index is 0.205. The van der Waals surface area contributed by atoms with Crippen molar-refractivity contribution in [2.75, 3.05) is 12.0 Å².